The van der Waals surface area contributed by atoms with E-state index in [-0.39, 0.29) is 35.5 Å². The van der Waals surface area contributed by atoms with E-state index in [1.807, 2.05) is 0 Å². The maximum atomic E-state index is 12.6. The summed E-state index contributed by atoms with van der Waals surface area (Å²) in [6.45, 7) is 0.146. The molecule has 0 N–H and O–H groups in total. The molecule has 0 aliphatic rings. The van der Waals surface area contributed by atoms with Gasteiger partial charge in [0.05, 0.1) is 11.7 Å². The van der Waals surface area contributed by atoms with Gasteiger partial charge in [-0.15, -0.1) is 5.10 Å². The fraction of sp³-hybridized carbons (Fsp3) is 0.333. The number of carbonyl (C=O) groups excluding carboxylic acids is 1. The third-order valence-corrected chi connectivity index (χ3v) is 3.05. The summed E-state index contributed by atoms with van der Waals surface area (Å²) in [6.07, 6.45) is 1.18. The van der Waals surface area contributed by atoms with Crippen molar-refractivity contribution < 1.29 is 27.8 Å². The maximum Gasteiger partial charge on any atom is 0.387 e. The van der Waals surface area contributed by atoms with Gasteiger partial charge in [-0.2, -0.15) is 8.78 Å². The van der Waals surface area contributed by atoms with Crippen LogP contribution in [0.1, 0.15) is 29.8 Å². The predicted molar refractivity (Wildman–Crippen MR) is 84.6 cm³/mol. The van der Waals surface area contributed by atoms with Crippen LogP contribution in [0.25, 0.3) is 0 Å². The normalized spacial score (nSPS) is 11.0. The minimum absolute atomic E-state index is 0.0900. The molecule has 0 spiro atoms. The molecule has 1 aromatic heterocycles. The Kier molecular flexibility index (Phi) is 6.02. The Morgan fingerprint density at radius 1 is 1.33 bits per heavy atom. The molecule has 1 aromatic carbocycles. The molecule has 6 nitrogen and oxygen atoms in total. The summed E-state index contributed by atoms with van der Waals surface area (Å²) in [7, 11) is 0. The van der Waals surface area contributed by atoms with Gasteiger partial charge in [0.15, 0.2) is 0 Å². The Morgan fingerprint density at radius 3 is 2.67 bits per heavy atom. The SMILES string of the molecule is CC(C)OC(=O)c1cccc(OC(F)F)c1COc1ccn(S)n1. The molecule has 2 rings (SSSR count). The number of rotatable bonds is 7. The van der Waals surface area contributed by atoms with Gasteiger partial charge < -0.3 is 14.2 Å². The van der Waals surface area contributed by atoms with Crippen molar-refractivity contribution in [3.63, 3.8) is 0 Å². The third-order valence-electron chi connectivity index (χ3n) is 2.83. The lowest BCUT2D eigenvalue weighted by atomic mass is 10.1. The summed E-state index contributed by atoms with van der Waals surface area (Å²) >= 11 is 3.97. The highest BCUT2D eigenvalue weighted by Crippen LogP contribution is 2.26. The molecule has 0 saturated heterocycles. The van der Waals surface area contributed by atoms with Gasteiger partial charge in [-0.1, -0.05) is 6.07 Å². The van der Waals surface area contributed by atoms with Gasteiger partial charge in [-0.3, -0.25) is 0 Å². The molecule has 0 amide bonds. The lowest BCUT2D eigenvalue weighted by Gasteiger charge is -2.15. The fourth-order valence-electron chi connectivity index (χ4n) is 1.91. The van der Waals surface area contributed by atoms with E-state index >= 15 is 0 Å². The van der Waals surface area contributed by atoms with Crippen LogP contribution in [0.4, 0.5) is 8.78 Å². The number of esters is 1. The number of hydrogen-bond donors (Lipinski definition) is 1. The van der Waals surface area contributed by atoms with E-state index in [2.05, 4.69) is 22.7 Å². The van der Waals surface area contributed by atoms with Crippen LogP contribution < -0.4 is 9.47 Å². The molecule has 0 aliphatic heterocycles. The smallest absolute Gasteiger partial charge is 0.387 e. The summed E-state index contributed by atoms with van der Waals surface area (Å²) in [5.74, 6) is -0.586. The number of hydrogen-bond acceptors (Lipinski definition) is 6. The Morgan fingerprint density at radius 2 is 2.08 bits per heavy atom. The van der Waals surface area contributed by atoms with Gasteiger partial charge in [0.1, 0.15) is 12.4 Å². The van der Waals surface area contributed by atoms with Crippen molar-refractivity contribution in [3.05, 3.63) is 41.6 Å². The molecule has 24 heavy (non-hydrogen) atoms. The topological polar surface area (TPSA) is 62.6 Å². The summed E-state index contributed by atoms with van der Waals surface area (Å²) in [5.41, 5.74) is 0.240. The molecule has 0 saturated carbocycles. The molecule has 130 valence electrons. The van der Waals surface area contributed by atoms with Crippen molar-refractivity contribution >= 4 is 18.8 Å². The van der Waals surface area contributed by atoms with Gasteiger partial charge in [-0.25, -0.2) is 8.88 Å². The van der Waals surface area contributed by atoms with Gasteiger partial charge in [0.2, 0.25) is 5.88 Å². The second kappa shape index (κ2) is 8.00. The van der Waals surface area contributed by atoms with Gasteiger partial charge in [0, 0.05) is 17.8 Å². The average molecular weight is 358 g/mol. The maximum absolute atomic E-state index is 12.6. The van der Waals surface area contributed by atoms with Crippen molar-refractivity contribution in [3.8, 4) is 11.6 Å². The lowest BCUT2D eigenvalue weighted by Crippen LogP contribution is -2.16. The van der Waals surface area contributed by atoms with Crippen molar-refractivity contribution in [1.82, 2.24) is 9.19 Å². The average Bonchev–Trinajstić information content (AvgIpc) is 2.90. The Hall–Kier alpha value is -2.29. The van der Waals surface area contributed by atoms with Crippen LogP contribution in [0.15, 0.2) is 30.5 Å². The van der Waals surface area contributed by atoms with E-state index < -0.39 is 12.6 Å². The zero-order valence-electron chi connectivity index (χ0n) is 13.0. The number of thiol groups is 1. The van der Waals surface area contributed by atoms with Crippen LogP contribution in [-0.4, -0.2) is 27.9 Å². The highest BCUT2D eigenvalue weighted by Gasteiger charge is 2.20. The number of carbonyl (C=O) groups is 1. The van der Waals surface area contributed by atoms with Crippen molar-refractivity contribution in [2.75, 3.05) is 0 Å². The molecule has 0 fully saturated rings. The summed E-state index contributed by atoms with van der Waals surface area (Å²) in [5, 5.41) is 3.89. The lowest BCUT2D eigenvalue weighted by molar-refractivity contribution is -0.0510. The second-order valence-electron chi connectivity index (χ2n) is 4.98. The zero-order chi connectivity index (χ0) is 17.7. The first-order valence-corrected chi connectivity index (χ1v) is 7.42. The van der Waals surface area contributed by atoms with E-state index in [4.69, 9.17) is 9.47 Å². The van der Waals surface area contributed by atoms with Gasteiger partial charge in [-0.05, 0) is 38.8 Å². The second-order valence-corrected chi connectivity index (χ2v) is 5.39. The van der Waals surface area contributed by atoms with E-state index in [1.54, 1.807) is 13.8 Å². The highest BCUT2D eigenvalue weighted by molar-refractivity contribution is 7.78. The Bertz CT molecular complexity index is 707. The van der Waals surface area contributed by atoms with Crippen LogP contribution in [0, 0.1) is 0 Å². The molecule has 2 aromatic rings. The molecular weight excluding hydrogens is 342 g/mol. The van der Waals surface area contributed by atoms with E-state index in [0.29, 0.717) is 0 Å². The molecule has 1 heterocycles. The van der Waals surface area contributed by atoms with E-state index in [0.717, 1.165) is 0 Å². The minimum atomic E-state index is -3.03. The van der Waals surface area contributed by atoms with Crippen molar-refractivity contribution in [2.24, 2.45) is 0 Å². The fourth-order valence-corrected chi connectivity index (χ4v) is 2.07. The van der Waals surface area contributed by atoms with E-state index in [1.165, 1.54) is 34.5 Å². The van der Waals surface area contributed by atoms with Gasteiger partial charge in [0.25, 0.3) is 0 Å². The van der Waals surface area contributed by atoms with Crippen LogP contribution in [0.5, 0.6) is 11.6 Å². The number of nitrogens with zero attached hydrogens (tertiary/aromatic N) is 2. The number of benzene rings is 1. The zero-order valence-corrected chi connectivity index (χ0v) is 13.9. The molecule has 9 heteroatoms. The number of aromatic nitrogens is 2. The van der Waals surface area contributed by atoms with Gasteiger partial charge >= 0.3 is 12.6 Å². The first kappa shape index (κ1) is 18.1. The van der Waals surface area contributed by atoms with Crippen molar-refractivity contribution in [2.45, 2.75) is 33.2 Å². The summed E-state index contributed by atoms with van der Waals surface area (Å²) < 4.78 is 41.5. The van der Waals surface area contributed by atoms with Crippen LogP contribution in [-0.2, 0) is 11.3 Å². The first-order chi connectivity index (χ1) is 11.4. The van der Waals surface area contributed by atoms with Crippen LogP contribution in [0.2, 0.25) is 0 Å². The third kappa shape index (κ3) is 4.85. The standard InChI is InChI=1S/C15H16F2N2O4S/c1-9(2)22-14(20)10-4-3-5-12(23-15(16)17)11(10)8-21-13-6-7-19(24)18-13/h3-7,9,15,24H,8H2,1-2H3. The highest BCUT2D eigenvalue weighted by atomic mass is 32.1. The molecule has 0 radical (unpaired) electrons. The van der Waals surface area contributed by atoms with Crippen molar-refractivity contribution in [1.29, 1.82) is 0 Å². The molecule has 0 aliphatic carbocycles. The van der Waals surface area contributed by atoms with E-state index in [9.17, 15) is 13.6 Å². The van der Waals surface area contributed by atoms with Crippen LogP contribution >= 0.6 is 12.8 Å². The monoisotopic (exact) mass is 358 g/mol. The van der Waals surface area contributed by atoms with Crippen LogP contribution in [0.3, 0.4) is 0 Å². The summed E-state index contributed by atoms with van der Waals surface area (Å²) in [4.78, 5) is 12.2. The Balaban J connectivity index is 2.30. The predicted octanol–water partition coefficient (Wildman–Crippen LogP) is 3.32. The Labute approximate surface area is 142 Å². The molecular formula is C15H16F2N2O4S. The minimum Gasteiger partial charge on any atom is -0.472 e. The quantitative estimate of drug-likeness (QED) is 0.608. The number of ether oxygens (including phenoxy) is 3. The summed E-state index contributed by atoms with van der Waals surface area (Å²) in [6, 6.07) is 5.75. The molecule has 0 bridgehead atoms. The number of halogens is 2. The number of alkyl halides is 2. The molecule has 0 atom stereocenters. The first-order valence-electron chi connectivity index (χ1n) is 7.02. The molecule has 0 unspecified atom stereocenters. The largest absolute Gasteiger partial charge is 0.472 e.